The monoisotopic (exact) mass is 341 g/mol. The van der Waals surface area contributed by atoms with Crippen LogP contribution in [0.1, 0.15) is 24.5 Å². The SMILES string of the molecule is CCN1CC[C@H](SC(=O)C(O)(c2ccccc2)c2ccccc2)C1. The summed E-state index contributed by atoms with van der Waals surface area (Å²) in [5.74, 6) is 0. The van der Waals surface area contributed by atoms with Gasteiger partial charge in [0.15, 0.2) is 5.60 Å². The first-order valence-electron chi connectivity index (χ1n) is 8.41. The van der Waals surface area contributed by atoms with E-state index in [9.17, 15) is 9.90 Å². The lowest BCUT2D eigenvalue weighted by Gasteiger charge is -2.28. The molecule has 1 saturated heterocycles. The van der Waals surface area contributed by atoms with Crippen molar-refractivity contribution in [2.24, 2.45) is 0 Å². The molecule has 3 nitrogen and oxygen atoms in total. The third kappa shape index (κ3) is 3.41. The molecule has 0 spiro atoms. The van der Waals surface area contributed by atoms with E-state index in [1.54, 1.807) is 0 Å². The zero-order valence-corrected chi connectivity index (χ0v) is 14.7. The Morgan fingerprint density at radius 2 is 1.67 bits per heavy atom. The molecule has 1 aliphatic heterocycles. The molecule has 2 aromatic carbocycles. The molecule has 4 heteroatoms. The lowest BCUT2D eigenvalue weighted by Crippen LogP contribution is -2.36. The summed E-state index contributed by atoms with van der Waals surface area (Å²) in [4.78, 5) is 15.5. The number of thioether (sulfide) groups is 1. The Bertz CT molecular complexity index is 635. The second-order valence-electron chi connectivity index (χ2n) is 6.15. The first kappa shape index (κ1) is 17.2. The number of rotatable bonds is 5. The van der Waals surface area contributed by atoms with Gasteiger partial charge in [-0.15, -0.1) is 0 Å². The smallest absolute Gasteiger partial charge is 0.230 e. The molecular formula is C20H23NO2S. The van der Waals surface area contributed by atoms with Crippen molar-refractivity contribution >= 4 is 16.9 Å². The van der Waals surface area contributed by atoms with Crippen LogP contribution >= 0.6 is 11.8 Å². The van der Waals surface area contributed by atoms with E-state index in [1.807, 2.05) is 60.7 Å². The number of hydrogen-bond donors (Lipinski definition) is 1. The zero-order valence-electron chi connectivity index (χ0n) is 13.9. The van der Waals surface area contributed by atoms with Crippen molar-refractivity contribution < 1.29 is 9.90 Å². The van der Waals surface area contributed by atoms with Crippen LogP contribution in [-0.2, 0) is 10.4 Å². The number of carbonyl (C=O) groups is 1. The van der Waals surface area contributed by atoms with Crippen molar-refractivity contribution in [3.63, 3.8) is 0 Å². The summed E-state index contributed by atoms with van der Waals surface area (Å²) in [5, 5.41) is 11.5. The third-order valence-corrected chi connectivity index (χ3v) is 5.86. The van der Waals surface area contributed by atoms with Crippen molar-refractivity contribution in [3.8, 4) is 0 Å². The highest BCUT2D eigenvalue weighted by molar-refractivity contribution is 8.14. The Labute approximate surface area is 147 Å². The van der Waals surface area contributed by atoms with Crippen molar-refractivity contribution in [2.45, 2.75) is 24.2 Å². The van der Waals surface area contributed by atoms with Crippen LogP contribution in [0.25, 0.3) is 0 Å². The van der Waals surface area contributed by atoms with Gasteiger partial charge in [-0.3, -0.25) is 4.79 Å². The Kier molecular flexibility index (Phi) is 5.39. The minimum Gasteiger partial charge on any atom is -0.372 e. The van der Waals surface area contributed by atoms with E-state index in [1.165, 1.54) is 11.8 Å². The molecule has 1 aliphatic rings. The fourth-order valence-electron chi connectivity index (χ4n) is 3.18. The molecule has 1 N–H and O–H groups in total. The summed E-state index contributed by atoms with van der Waals surface area (Å²) in [6, 6.07) is 18.5. The fraction of sp³-hybridized carbons (Fsp3) is 0.350. The maximum absolute atomic E-state index is 13.1. The normalized spacial score (nSPS) is 18.7. The van der Waals surface area contributed by atoms with Crippen LogP contribution in [0.15, 0.2) is 60.7 Å². The van der Waals surface area contributed by atoms with Crippen LogP contribution in [0, 0.1) is 0 Å². The molecule has 2 aromatic rings. The van der Waals surface area contributed by atoms with Gasteiger partial charge in [0.1, 0.15) is 0 Å². The Balaban J connectivity index is 1.89. The summed E-state index contributed by atoms with van der Waals surface area (Å²) in [7, 11) is 0. The first-order chi connectivity index (χ1) is 11.6. The van der Waals surface area contributed by atoms with Crippen LogP contribution in [0.2, 0.25) is 0 Å². The molecular weight excluding hydrogens is 318 g/mol. The summed E-state index contributed by atoms with van der Waals surface area (Å²) < 4.78 is 0. The molecule has 0 aromatic heterocycles. The Hall–Kier alpha value is -1.62. The van der Waals surface area contributed by atoms with E-state index in [4.69, 9.17) is 0 Å². The van der Waals surface area contributed by atoms with Gasteiger partial charge in [-0.2, -0.15) is 0 Å². The van der Waals surface area contributed by atoms with E-state index < -0.39 is 5.60 Å². The molecule has 1 atom stereocenters. The minimum absolute atomic E-state index is 0.192. The van der Waals surface area contributed by atoms with E-state index in [0.717, 1.165) is 26.1 Å². The topological polar surface area (TPSA) is 40.5 Å². The number of likely N-dealkylation sites (tertiary alicyclic amines) is 1. The number of benzene rings is 2. The molecule has 126 valence electrons. The molecule has 0 aliphatic carbocycles. The number of nitrogens with zero attached hydrogens (tertiary/aromatic N) is 1. The third-order valence-electron chi connectivity index (χ3n) is 4.63. The molecule has 0 amide bonds. The van der Waals surface area contributed by atoms with Crippen molar-refractivity contribution in [1.29, 1.82) is 0 Å². The highest BCUT2D eigenvalue weighted by Crippen LogP contribution is 2.37. The van der Waals surface area contributed by atoms with Crippen LogP contribution in [-0.4, -0.2) is 40.0 Å². The predicted molar refractivity (Wildman–Crippen MR) is 99.0 cm³/mol. The second-order valence-corrected chi connectivity index (χ2v) is 7.42. The van der Waals surface area contributed by atoms with Crippen LogP contribution in [0.3, 0.4) is 0 Å². The molecule has 0 unspecified atom stereocenters. The number of aliphatic hydroxyl groups is 1. The summed E-state index contributed by atoms with van der Waals surface area (Å²) in [6.07, 6.45) is 0.990. The molecule has 1 fully saturated rings. The summed E-state index contributed by atoms with van der Waals surface area (Å²) >= 11 is 1.29. The fourth-order valence-corrected chi connectivity index (χ4v) is 4.40. The Morgan fingerprint density at radius 3 is 2.12 bits per heavy atom. The van der Waals surface area contributed by atoms with E-state index in [-0.39, 0.29) is 10.4 Å². The first-order valence-corrected chi connectivity index (χ1v) is 9.29. The molecule has 1 heterocycles. The van der Waals surface area contributed by atoms with Crippen LogP contribution < -0.4 is 0 Å². The van der Waals surface area contributed by atoms with E-state index in [2.05, 4.69) is 11.8 Å². The van der Waals surface area contributed by atoms with Crippen LogP contribution in [0.5, 0.6) is 0 Å². The van der Waals surface area contributed by atoms with Gasteiger partial charge in [0.2, 0.25) is 5.12 Å². The molecule has 0 radical (unpaired) electrons. The average molecular weight is 341 g/mol. The largest absolute Gasteiger partial charge is 0.372 e. The number of hydrogen-bond acceptors (Lipinski definition) is 4. The van der Waals surface area contributed by atoms with Gasteiger partial charge in [0, 0.05) is 11.8 Å². The molecule has 0 bridgehead atoms. The van der Waals surface area contributed by atoms with Gasteiger partial charge in [0.25, 0.3) is 0 Å². The quantitative estimate of drug-likeness (QED) is 0.906. The van der Waals surface area contributed by atoms with Crippen molar-refractivity contribution in [2.75, 3.05) is 19.6 Å². The summed E-state index contributed by atoms with van der Waals surface area (Å²) in [5.41, 5.74) is -0.356. The molecule has 24 heavy (non-hydrogen) atoms. The zero-order chi connectivity index (χ0) is 17.0. The Morgan fingerprint density at radius 1 is 1.12 bits per heavy atom. The second kappa shape index (κ2) is 7.51. The van der Waals surface area contributed by atoms with Gasteiger partial charge in [-0.1, -0.05) is 79.3 Å². The lowest BCUT2D eigenvalue weighted by atomic mass is 9.87. The average Bonchev–Trinajstić information content (AvgIpc) is 3.10. The summed E-state index contributed by atoms with van der Waals surface area (Å²) in [6.45, 7) is 5.08. The van der Waals surface area contributed by atoms with Gasteiger partial charge >= 0.3 is 0 Å². The van der Waals surface area contributed by atoms with Gasteiger partial charge in [-0.05, 0) is 30.6 Å². The van der Waals surface area contributed by atoms with E-state index >= 15 is 0 Å². The highest BCUT2D eigenvalue weighted by Gasteiger charge is 2.41. The maximum Gasteiger partial charge on any atom is 0.230 e. The van der Waals surface area contributed by atoms with Gasteiger partial charge in [0.05, 0.1) is 0 Å². The van der Waals surface area contributed by atoms with Crippen molar-refractivity contribution in [1.82, 2.24) is 4.90 Å². The minimum atomic E-state index is -1.60. The number of carbonyl (C=O) groups excluding carboxylic acids is 1. The van der Waals surface area contributed by atoms with Gasteiger partial charge in [-0.25, -0.2) is 0 Å². The van der Waals surface area contributed by atoms with Crippen LogP contribution in [0.4, 0.5) is 0 Å². The highest BCUT2D eigenvalue weighted by atomic mass is 32.2. The van der Waals surface area contributed by atoms with Crippen molar-refractivity contribution in [3.05, 3.63) is 71.8 Å². The molecule has 0 saturated carbocycles. The lowest BCUT2D eigenvalue weighted by molar-refractivity contribution is -0.124. The van der Waals surface area contributed by atoms with Gasteiger partial charge < -0.3 is 10.0 Å². The molecule has 3 rings (SSSR count). The standard InChI is InChI=1S/C20H23NO2S/c1-2-21-14-13-18(15-21)24-19(22)20(23,16-9-5-3-6-10-16)17-11-7-4-8-12-17/h3-12,18,23H,2,13-15H2,1H3/t18-/m0/s1. The van der Waals surface area contributed by atoms with E-state index in [0.29, 0.717) is 11.1 Å². The predicted octanol–water partition coefficient (Wildman–Crippen LogP) is 3.28. The maximum atomic E-state index is 13.1.